The van der Waals surface area contributed by atoms with Crippen LogP contribution in [0.4, 0.5) is 5.82 Å². The molecule has 1 aromatic carbocycles. The molecule has 2 N–H and O–H groups in total. The van der Waals surface area contributed by atoms with Gasteiger partial charge < -0.3 is 5.11 Å². The first-order valence-corrected chi connectivity index (χ1v) is 7.13. The van der Waals surface area contributed by atoms with Crippen molar-refractivity contribution < 1.29 is 18.3 Å². The molecular weight excluding hydrogens is 294 g/mol. The van der Waals surface area contributed by atoms with Crippen molar-refractivity contribution in [2.75, 3.05) is 4.72 Å². The smallest absolute Gasteiger partial charge is 0.335 e. The van der Waals surface area contributed by atoms with E-state index in [9.17, 15) is 13.2 Å². The zero-order chi connectivity index (χ0) is 15.5. The summed E-state index contributed by atoms with van der Waals surface area (Å²) >= 11 is 0. The van der Waals surface area contributed by atoms with Crippen LogP contribution in [0.25, 0.3) is 0 Å². The number of rotatable bonds is 4. The predicted octanol–water partition coefficient (Wildman–Crippen LogP) is 1.45. The molecule has 0 radical (unpaired) electrons. The summed E-state index contributed by atoms with van der Waals surface area (Å²) in [7, 11) is -3.90. The molecule has 1 heterocycles. The number of carboxylic acids is 1. The molecule has 0 saturated carbocycles. The van der Waals surface area contributed by atoms with Crippen molar-refractivity contribution in [1.82, 2.24) is 4.98 Å². The van der Waals surface area contributed by atoms with Crippen molar-refractivity contribution in [3.05, 3.63) is 53.7 Å². The van der Waals surface area contributed by atoms with Crippen LogP contribution in [0, 0.1) is 11.3 Å². The summed E-state index contributed by atoms with van der Waals surface area (Å²) in [5, 5.41) is 17.5. The number of carboxylic acid groups (broad SMARTS) is 1. The van der Waals surface area contributed by atoms with Gasteiger partial charge in [0.15, 0.2) is 0 Å². The van der Waals surface area contributed by atoms with E-state index in [0.29, 0.717) is 5.56 Å². The van der Waals surface area contributed by atoms with E-state index in [4.69, 9.17) is 10.4 Å². The largest absolute Gasteiger partial charge is 0.478 e. The molecule has 0 bridgehead atoms. The van der Waals surface area contributed by atoms with Gasteiger partial charge in [0.25, 0.3) is 10.0 Å². The molecule has 7 nitrogen and oxygen atoms in total. The number of aromatic nitrogens is 1. The van der Waals surface area contributed by atoms with E-state index in [2.05, 4.69) is 9.71 Å². The van der Waals surface area contributed by atoms with Crippen LogP contribution in [0.2, 0.25) is 0 Å². The quantitative estimate of drug-likeness (QED) is 0.882. The third kappa shape index (κ3) is 3.34. The zero-order valence-corrected chi connectivity index (χ0v) is 11.3. The summed E-state index contributed by atoms with van der Waals surface area (Å²) < 4.78 is 26.4. The Kier molecular flexibility index (Phi) is 3.86. The number of nitriles is 1. The zero-order valence-electron chi connectivity index (χ0n) is 10.5. The van der Waals surface area contributed by atoms with E-state index < -0.39 is 16.0 Å². The Balaban J connectivity index is 2.30. The number of sulfonamides is 1. The fraction of sp³-hybridized carbons (Fsp3) is 0. The van der Waals surface area contributed by atoms with Crippen molar-refractivity contribution in [2.24, 2.45) is 0 Å². The highest BCUT2D eigenvalue weighted by Gasteiger charge is 2.15. The molecule has 0 saturated heterocycles. The molecule has 8 heteroatoms. The van der Waals surface area contributed by atoms with E-state index in [1.165, 1.54) is 36.5 Å². The Hall–Kier alpha value is -2.92. The van der Waals surface area contributed by atoms with Gasteiger partial charge in [0.2, 0.25) is 0 Å². The van der Waals surface area contributed by atoms with Crippen LogP contribution >= 0.6 is 0 Å². The average Bonchev–Trinajstić information content (AvgIpc) is 2.47. The molecule has 2 aromatic rings. The standard InChI is InChI=1S/C13H9N3O4S/c14-8-9-1-3-11(4-2-9)21(19,20)16-12-7-10(13(17)18)5-6-15-12/h1-7H,(H,15,16)(H,17,18). The number of anilines is 1. The fourth-order valence-corrected chi connectivity index (χ4v) is 2.52. The van der Waals surface area contributed by atoms with Gasteiger partial charge in [-0.2, -0.15) is 5.26 Å². The molecule has 1 aromatic heterocycles. The summed E-state index contributed by atoms with van der Waals surface area (Å²) in [5.41, 5.74) is 0.252. The lowest BCUT2D eigenvalue weighted by Crippen LogP contribution is -2.14. The van der Waals surface area contributed by atoms with Gasteiger partial charge in [0.1, 0.15) is 5.82 Å². The predicted molar refractivity (Wildman–Crippen MR) is 73.2 cm³/mol. The minimum absolute atomic E-state index is 0.0518. The van der Waals surface area contributed by atoms with Gasteiger partial charge in [0.05, 0.1) is 22.1 Å². The van der Waals surface area contributed by atoms with Crippen LogP contribution < -0.4 is 4.72 Å². The molecule has 0 atom stereocenters. The summed E-state index contributed by atoms with van der Waals surface area (Å²) in [4.78, 5) is 14.5. The number of benzene rings is 1. The van der Waals surface area contributed by atoms with Crippen molar-refractivity contribution in [3.63, 3.8) is 0 Å². The average molecular weight is 303 g/mol. The topological polar surface area (TPSA) is 120 Å². The summed E-state index contributed by atoms with van der Waals surface area (Å²) in [5.74, 6) is -1.28. The van der Waals surface area contributed by atoms with Gasteiger partial charge in [-0.3, -0.25) is 4.72 Å². The lowest BCUT2D eigenvalue weighted by Gasteiger charge is -2.07. The molecule has 106 valence electrons. The highest BCUT2D eigenvalue weighted by molar-refractivity contribution is 7.92. The monoisotopic (exact) mass is 303 g/mol. The SMILES string of the molecule is N#Cc1ccc(S(=O)(=O)Nc2cc(C(=O)O)ccn2)cc1. The molecule has 21 heavy (non-hydrogen) atoms. The molecular formula is C13H9N3O4S. The second kappa shape index (κ2) is 5.60. The van der Waals surface area contributed by atoms with Gasteiger partial charge >= 0.3 is 5.97 Å². The maximum atomic E-state index is 12.1. The number of aromatic carboxylic acids is 1. The van der Waals surface area contributed by atoms with Crippen LogP contribution in [-0.2, 0) is 10.0 Å². The molecule has 0 aliphatic heterocycles. The molecule has 0 unspecified atom stereocenters. The van der Waals surface area contributed by atoms with Gasteiger partial charge in [-0.25, -0.2) is 18.2 Å². The Morgan fingerprint density at radius 1 is 1.24 bits per heavy atom. The van der Waals surface area contributed by atoms with E-state index in [0.717, 1.165) is 6.07 Å². The fourth-order valence-electron chi connectivity index (χ4n) is 1.52. The third-order valence-corrected chi connectivity index (χ3v) is 3.91. The third-order valence-electron chi connectivity index (χ3n) is 2.54. The maximum Gasteiger partial charge on any atom is 0.335 e. The second-order valence-electron chi connectivity index (χ2n) is 3.98. The van der Waals surface area contributed by atoms with Crippen LogP contribution in [-0.4, -0.2) is 24.5 Å². The van der Waals surface area contributed by atoms with Gasteiger partial charge in [-0.1, -0.05) is 0 Å². The number of nitrogens with zero attached hydrogens (tertiary/aromatic N) is 2. The van der Waals surface area contributed by atoms with Gasteiger partial charge in [-0.05, 0) is 36.4 Å². The maximum absolute atomic E-state index is 12.1. The number of hydrogen-bond donors (Lipinski definition) is 2. The van der Waals surface area contributed by atoms with E-state index >= 15 is 0 Å². The first kappa shape index (κ1) is 14.5. The van der Waals surface area contributed by atoms with Gasteiger partial charge in [0, 0.05) is 6.20 Å². The first-order chi connectivity index (χ1) is 9.92. The van der Waals surface area contributed by atoms with Crippen molar-refractivity contribution >= 4 is 21.8 Å². The van der Waals surface area contributed by atoms with Crippen LogP contribution in [0.5, 0.6) is 0 Å². The second-order valence-corrected chi connectivity index (χ2v) is 5.66. The number of hydrogen-bond acceptors (Lipinski definition) is 5. The Bertz CT molecular complexity index is 823. The highest BCUT2D eigenvalue weighted by Crippen LogP contribution is 2.15. The minimum atomic E-state index is -3.90. The summed E-state index contributed by atoms with van der Waals surface area (Å²) in [6, 6.07) is 9.55. The van der Waals surface area contributed by atoms with E-state index in [-0.39, 0.29) is 16.3 Å². The number of carbonyl (C=O) groups is 1. The summed E-state index contributed by atoms with van der Waals surface area (Å²) in [6.45, 7) is 0. The van der Waals surface area contributed by atoms with E-state index in [1.54, 1.807) is 0 Å². The van der Waals surface area contributed by atoms with Gasteiger partial charge in [-0.15, -0.1) is 0 Å². The summed E-state index contributed by atoms with van der Waals surface area (Å²) in [6.07, 6.45) is 1.19. The molecule has 0 aliphatic carbocycles. The number of nitrogens with one attached hydrogen (secondary N) is 1. The van der Waals surface area contributed by atoms with Crippen LogP contribution in [0.15, 0.2) is 47.5 Å². The Morgan fingerprint density at radius 2 is 1.90 bits per heavy atom. The Labute approximate surface area is 120 Å². The molecule has 0 aliphatic rings. The lowest BCUT2D eigenvalue weighted by molar-refractivity contribution is 0.0697. The first-order valence-electron chi connectivity index (χ1n) is 5.65. The van der Waals surface area contributed by atoms with Crippen LogP contribution in [0.3, 0.4) is 0 Å². The molecule has 0 spiro atoms. The lowest BCUT2D eigenvalue weighted by atomic mass is 10.2. The van der Waals surface area contributed by atoms with Crippen molar-refractivity contribution in [1.29, 1.82) is 5.26 Å². The highest BCUT2D eigenvalue weighted by atomic mass is 32.2. The van der Waals surface area contributed by atoms with E-state index in [1.807, 2.05) is 6.07 Å². The molecule has 2 rings (SSSR count). The van der Waals surface area contributed by atoms with Crippen molar-refractivity contribution in [2.45, 2.75) is 4.90 Å². The van der Waals surface area contributed by atoms with Crippen LogP contribution in [0.1, 0.15) is 15.9 Å². The Morgan fingerprint density at radius 3 is 2.48 bits per heavy atom. The number of pyridine rings is 1. The van der Waals surface area contributed by atoms with Crippen molar-refractivity contribution in [3.8, 4) is 6.07 Å². The molecule has 0 amide bonds. The molecule has 0 fully saturated rings. The minimum Gasteiger partial charge on any atom is -0.478 e. The normalized spacial score (nSPS) is 10.6.